The van der Waals surface area contributed by atoms with Gasteiger partial charge in [0.05, 0.1) is 32.4 Å². The number of nitrogens with zero attached hydrogens (tertiary/aromatic N) is 4. The molecule has 11 nitrogen and oxygen atoms in total. The van der Waals surface area contributed by atoms with Crippen molar-refractivity contribution in [2.24, 2.45) is 0 Å². The van der Waals surface area contributed by atoms with Crippen LogP contribution in [0.1, 0.15) is 19.8 Å². The number of aromatic nitrogens is 4. The van der Waals surface area contributed by atoms with E-state index in [1.165, 1.54) is 6.33 Å². The number of aromatic amines is 1. The van der Waals surface area contributed by atoms with Crippen LogP contribution in [-0.2, 0) is 9.53 Å². The fourth-order valence-corrected chi connectivity index (χ4v) is 3.47. The topological polar surface area (TPSA) is 124 Å². The summed E-state index contributed by atoms with van der Waals surface area (Å²) in [5.74, 6) is 2.13. The van der Waals surface area contributed by atoms with E-state index in [0.29, 0.717) is 35.3 Å². The minimum atomic E-state index is -0.359. The molecule has 3 aromatic rings. The predicted octanol–water partition coefficient (Wildman–Crippen LogP) is 2.52. The van der Waals surface area contributed by atoms with Crippen LogP contribution in [0.4, 0.5) is 11.6 Å². The van der Waals surface area contributed by atoms with Crippen LogP contribution < -0.4 is 19.5 Å². The molecule has 0 unspecified atom stereocenters. The lowest BCUT2D eigenvalue weighted by Crippen LogP contribution is -2.37. The Morgan fingerprint density at radius 1 is 1.21 bits per heavy atom. The predicted molar refractivity (Wildman–Crippen MR) is 121 cm³/mol. The van der Waals surface area contributed by atoms with Crippen LogP contribution >= 0.6 is 0 Å². The van der Waals surface area contributed by atoms with Crippen molar-refractivity contribution in [1.29, 1.82) is 0 Å². The normalized spacial score (nSPS) is 14.2. The maximum Gasteiger partial charge on any atom is 0.312 e. The molecule has 4 rings (SSSR count). The van der Waals surface area contributed by atoms with E-state index < -0.39 is 0 Å². The number of rotatable bonds is 10. The Kier molecular flexibility index (Phi) is 7.53. The number of benzene rings is 1. The molecular formula is C22H28N6O5. The summed E-state index contributed by atoms with van der Waals surface area (Å²) in [7, 11) is 1.60. The van der Waals surface area contributed by atoms with E-state index >= 15 is 0 Å². The highest BCUT2D eigenvalue weighted by atomic mass is 16.5. The first-order valence-electron chi connectivity index (χ1n) is 10.9. The number of carbonyl (C=O) groups excluding carboxylic acids is 1. The van der Waals surface area contributed by atoms with Crippen LogP contribution in [0.25, 0.3) is 10.9 Å². The standard InChI is InChI=1S/C22H28N6O5/c1-3-21(29)33-20-13-19(26-27-20)25-22-15-11-17(30-2)18(12-16(15)23-14-24-22)32-8-4-5-28-6-9-31-10-7-28/h11-14H,3-10H2,1-2H3,(H2,23,24,25,26,27). The zero-order chi connectivity index (χ0) is 23.0. The highest BCUT2D eigenvalue weighted by molar-refractivity contribution is 5.92. The van der Waals surface area contributed by atoms with E-state index in [1.54, 1.807) is 20.1 Å². The molecular weight excluding hydrogens is 428 g/mol. The maximum atomic E-state index is 11.5. The van der Waals surface area contributed by atoms with Crippen molar-refractivity contribution in [3.8, 4) is 17.4 Å². The first-order valence-corrected chi connectivity index (χ1v) is 10.9. The molecule has 2 N–H and O–H groups in total. The second kappa shape index (κ2) is 10.9. The van der Waals surface area contributed by atoms with Gasteiger partial charge in [-0.15, -0.1) is 5.10 Å². The number of fused-ring (bicyclic) bond motifs is 1. The van der Waals surface area contributed by atoms with Gasteiger partial charge in [-0.2, -0.15) is 0 Å². The van der Waals surface area contributed by atoms with E-state index in [4.69, 9.17) is 18.9 Å². The van der Waals surface area contributed by atoms with Crippen LogP contribution in [0.3, 0.4) is 0 Å². The highest BCUT2D eigenvalue weighted by Gasteiger charge is 2.14. The van der Waals surface area contributed by atoms with Crippen LogP contribution in [0.5, 0.6) is 17.4 Å². The minimum Gasteiger partial charge on any atom is -0.493 e. The van der Waals surface area contributed by atoms with Crippen molar-refractivity contribution < 1.29 is 23.7 Å². The number of hydrogen-bond donors (Lipinski definition) is 2. The summed E-state index contributed by atoms with van der Waals surface area (Å²) in [6, 6.07) is 5.27. The third kappa shape index (κ3) is 5.88. The first kappa shape index (κ1) is 22.7. The quantitative estimate of drug-likeness (QED) is 0.347. The summed E-state index contributed by atoms with van der Waals surface area (Å²) in [5, 5.41) is 10.7. The van der Waals surface area contributed by atoms with E-state index in [1.807, 2.05) is 12.1 Å². The van der Waals surface area contributed by atoms with Gasteiger partial charge in [0.1, 0.15) is 18.0 Å². The Labute approximate surface area is 191 Å². The number of carbonyl (C=O) groups is 1. The monoisotopic (exact) mass is 456 g/mol. The van der Waals surface area contributed by atoms with Gasteiger partial charge in [0.25, 0.3) is 0 Å². The number of ether oxygens (including phenoxy) is 4. The second-order valence-corrected chi connectivity index (χ2v) is 7.47. The number of H-pyrrole nitrogens is 1. The molecule has 0 spiro atoms. The molecule has 1 aliphatic rings. The smallest absolute Gasteiger partial charge is 0.312 e. The lowest BCUT2D eigenvalue weighted by atomic mass is 10.2. The summed E-state index contributed by atoms with van der Waals surface area (Å²) >= 11 is 0. The lowest BCUT2D eigenvalue weighted by Gasteiger charge is -2.26. The van der Waals surface area contributed by atoms with Crippen molar-refractivity contribution in [3.63, 3.8) is 0 Å². The highest BCUT2D eigenvalue weighted by Crippen LogP contribution is 2.34. The summed E-state index contributed by atoms with van der Waals surface area (Å²) in [6.45, 7) is 6.77. The molecule has 0 aliphatic carbocycles. The molecule has 1 fully saturated rings. The molecule has 1 aliphatic heterocycles. The van der Waals surface area contributed by atoms with Gasteiger partial charge in [0.2, 0.25) is 5.88 Å². The molecule has 0 amide bonds. The Hall–Kier alpha value is -3.44. The third-order valence-electron chi connectivity index (χ3n) is 5.22. The van der Waals surface area contributed by atoms with Crippen LogP contribution in [0.2, 0.25) is 0 Å². The zero-order valence-electron chi connectivity index (χ0n) is 18.8. The average molecular weight is 457 g/mol. The molecule has 11 heteroatoms. The summed E-state index contributed by atoms with van der Waals surface area (Å²) in [6.07, 6.45) is 2.64. The molecule has 0 saturated carbocycles. The van der Waals surface area contributed by atoms with E-state index in [9.17, 15) is 4.79 Å². The van der Waals surface area contributed by atoms with Crippen molar-refractivity contribution in [2.75, 3.05) is 51.9 Å². The summed E-state index contributed by atoms with van der Waals surface area (Å²) < 4.78 is 22.1. The molecule has 2 aromatic heterocycles. The zero-order valence-corrected chi connectivity index (χ0v) is 18.8. The maximum absolute atomic E-state index is 11.5. The van der Waals surface area contributed by atoms with Gasteiger partial charge in [0, 0.05) is 43.6 Å². The summed E-state index contributed by atoms with van der Waals surface area (Å²) in [4.78, 5) is 22.5. The van der Waals surface area contributed by atoms with Gasteiger partial charge in [-0.3, -0.25) is 14.8 Å². The molecule has 33 heavy (non-hydrogen) atoms. The average Bonchev–Trinajstić information content (AvgIpc) is 3.28. The first-order chi connectivity index (χ1) is 16.2. The number of methoxy groups -OCH3 is 1. The fourth-order valence-electron chi connectivity index (χ4n) is 3.47. The van der Waals surface area contributed by atoms with Gasteiger partial charge in [-0.05, 0) is 12.5 Å². The molecule has 1 aromatic carbocycles. The fraction of sp³-hybridized carbons (Fsp3) is 0.455. The van der Waals surface area contributed by atoms with E-state index in [-0.39, 0.29) is 18.3 Å². The molecule has 0 atom stereocenters. The number of nitrogens with one attached hydrogen (secondary N) is 2. The van der Waals surface area contributed by atoms with Crippen molar-refractivity contribution >= 4 is 28.5 Å². The largest absolute Gasteiger partial charge is 0.493 e. The van der Waals surface area contributed by atoms with Gasteiger partial charge in [0.15, 0.2) is 11.5 Å². The molecule has 1 saturated heterocycles. The van der Waals surface area contributed by atoms with Crippen LogP contribution in [-0.4, -0.2) is 77.6 Å². The second-order valence-electron chi connectivity index (χ2n) is 7.47. The van der Waals surface area contributed by atoms with E-state index in [2.05, 4.69) is 30.4 Å². The number of esters is 1. The Morgan fingerprint density at radius 3 is 2.85 bits per heavy atom. The SMILES string of the molecule is CCC(=O)Oc1cc(Nc2ncnc3cc(OCCCN4CCOCC4)c(OC)cc23)[nH]n1. The van der Waals surface area contributed by atoms with Crippen LogP contribution in [0, 0.1) is 0 Å². The molecule has 0 bridgehead atoms. The van der Waals surface area contributed by atoms with Crippen LogP contribution in [0.15, 0.2) is 24.5 Å². The van der Waals surface area contributed by atoms with Crippen molar-refractivity contribution in [3.05, 3.63) is 24.5 Å². The van der Waals surface area contributed by atoms with Gasteiger partial charge in [-0.1, -0.05) is 6.92 Å². The summed E-state index contributed by atoms with van der Waals surface area (Å²) in [5.41, 5.74) is 0.702. The minimum absolute atomic E-state index is 0.188. The van der Waals surface area contributed by atoms with Gasteiger partial charge >= 0.3 is 5.97 Å². The van der Waals surface area contributed by atoms with Crippen molar-refractivity contribution in [1.82, 2.24) is 25.1 Å². The van der Waals surface area contributed by atoms with Gasteiger partial charge in [-0.25, -0.2) is 9.97 Å². The Morgan fingerprint density at radius 2 is 2.06 bits per heavy atom. The number of hydrogen-bond acceptors (Lipinski definition) is 10. The third-order valence-corrected chi connectivity index (χ3v) is 5.22. The molecule has 176 valence electrons. The Bertz CT molecular complexity index is 1080. The number of anilines is 2. The number of morpholine rings is 1. The Balaban J connectivity index is 1.44. The molecule has 3 heterocycles. The van der Waals surface area contributed by atoms with Crippen molar-refractivity contribution in [2.45, 2.75) is 19.8 Å². The van der Waals surface area contributed by atoms with E-state index in [0.717, 1.165) is 44.7 Å². The lowest BCUT2D eigenvalue weighted by molar-refractivity contribution is -0.134. The molecule has 0 radical (unpaired) electrons. The van der Waals surface area contributed by atoms with Gasteiger partial charge < -0.3 is 24.3 Å².